The number of hydrogen-bond donors (Lipinski definition) is 0. The van der Waals surface area contributed by atoms with E-state index in [1.165, 1.54) is 0 Å². The quantitative estimate of drug-likeness (QED) is 0.774. The zero-order chi connectivity index (χ0) is 12.5. The Morgan fingerprint density at radius 3 is 2.00 bits per heavy atom. The van der Waals surface area contributed by atoms with Crippen LogP contribution in [0.1, 0.15) is 50.7 Å². The first kappa shape index (κ1) is 13.5. The molecule has 0 spiro atoms. The van der Waals surface area contributed by atoms with E-state index in [0.717, 1.165) is 11.1 Å². The Hall–Kier alpha value is -0.540. The fourth-order valence-electron chi connectivity index (χ4n) is 1.60. The van der Waals surface area contributed by atoms with Crippen molar-refractivity contribution in [3.8, 4) is 0 Å². The van der Waals surface area contributed by atoms with E-state index in [9.17, 15) is 8.42 Å². The molecule has 0 radical (unpaired) electrons. The van der Waals surface area contributed by atoms with Crippen LogP contribution in [0.2, 0.25) is 0 Å². The van der Waals surface area contributed by atoms with Crippen molar-refractivity contribution < 1.29 is 8.42 Å². The van der Waals surface area contributed by atoms with Gasteiger partial charge >= 0.3 is 0 Å². The number of rotatable bonds is 3. The lowest BCUT2D eigenvalue weighted by Crippen LogP contribution is -2.02. The van der Waals surface area contributed by atoms with Crippen LogP contribution in [0.25, 0.3) is 0 Å². The molecule has 0 heterocycles. The molecule has 0 aliphatic carbocycles. The van der Waals surface area contributed by atoms with Crippen molar-refractivity contribution in [3.05, 3.63) is 29.3 Å². The van der Waals surface area contributed by atoms with E-state index >= 15 is 0 Å². The lowest BCUT2D eigenvalue weighted by Gasteiger charge is -2.13. The van der Waals surface area contributed by atoms with Crippen LogP contribution >= 0.6 is 10.7 Å². The minimum absolute atomic E-state index is 0.143. The van der Waals surface area contributed by atoms with Crippen molar-refractivity contribution in [1.29, 1.82) is 0 Å². The topological polar surface area (TPSA) is 34.1 Å². The van der Waals surface area contributed by atoms with E-state index in [1.807, 2.05) is 39.8 Å². The molecule has 1 aromatic rings. The van der Waals surface area contributed by atoms with Crippen LogP contribution in [-0.4, -0.2) is 8.42 Å². The molecule has 2 nitrogen and oxygen atoms in total. The molecule has 0 amide bonds. The number of benzene rings is 1. The van der Waals surface area contributed by atoms with Gasteiger partial charge in [-0.15, -0.1) is 0 Å². The summed E-state index contributed by atoms with van der Waals surface area (Å²) in [4.78, 5) is 0.246. The van der Waals surface area contributed by atoms with Crippen LogP contribution < -0.4 is 0 Å². The first-order valence-electron chi connectivity index (χ1n) is 5.32. The molecule has 0 saturated heterocycles. The molecule has 0 aliphatic heterocycles. The van der Waals surface area contributed by atoms with E-state index in [0.29, 0.717) is 5.92 Å². The van der Waals surface area contributed by atoms with Crippen LogP contribution in [0.4, 0.5) is 0 Å². The Balaban J connectivity index is 3.45. The third-order valence-electron chi connectivity index (χ3n) is 2.59. The fourth-order valence-corrected chi connectivity index (χ4v) is 2.86. The fraction of sp³-hybridized carbons (Fsp3) is 0.500. The first-order chi connectivity index (χ1) is 7.23. The van der Waals surface area contributed by atoms with Crippen LogP contribution in [0.15, 0.2) is 23.1 Å². The average Bonchev–Trinajstić information content (AvgIpc) is 2.15. The summed E-state index contributed by atoms with van der Waals surface area (Å²) in [5.74, 6) is 0.433. The van der Waals surface area contributed by atoms with Crippen molar-refractivity contribution in [2.45, 2.75) is 44.4 Å². The van der Waals surface area contributed by atoms with Gasteiger partial charge in [-0.3, -0.25) is 0 Å². The summed E-state index contributed by atoms with van der Waals surface area (Å²) in [5.41, 5.74) is 1.77. The van der Waals surface area contributed by atoms with E-state index in [1.54, 1.807) is 6.07 Å². The van der Waals surface area contributed by atoms with E-state index in [-0.39, 0.29) is 10.8 Å². The third kappa shape index (κ3) is 2.98. The van der Waals surface area contributed by atoms with Gasteiger partial charge in [-0.2, -0.15) is 0 Å². The molecule has 0 bridgehead atoms. The van der Waals surface area contributed by atoms with Crippen LogP contribution in [-0.2, 0) is 9.05 Å². The third-order valence-corrected chi connectivity index (χ3v) is 3.97. The molecule has 0 N–H and O–H groups in total. The highest BCUT2D eigenvalue weighted by Crippen LogP contribution is 2.29. The second kappa shape index (κ2) is 4.76. The molecule has 0 atom stereocenters. The minimum atomic E-state index is -3.66. The maximum atomic E-state index is 11.5. The highest BCUT2D eigenvalue weighted by atomic mass is 35.7. The van der Waals surface area contributed by atoms with Crippen molar-refractivity contribution >= 4 is 19.7 Å². The molecule has 1 aromatic carbocycles. The lowest BCUT2D eigenvalue weighted by molar-refractivity contribution is 0.607. The van der Waals surface area contributed by atoms with Gasteiger partial charge in [0.1, 0.15) is 0 Å². The van der Waals surface area contributed by atoms with E-state index in [2.05, 4.69) is 0 Å². The van der Waals surface area contributed by atoms with E-state index < -0.39 is 9.05 Å². The van der Waals surface area contributed by atoms with Gasteiger partial charge in [0, 0.05) is 10.7 Å². The van der Waals surface area contributed by atoms with Crippen molar-refractivity contribution in [3.63, 3.8) is 0 Å². The van der Waals surface area contributed by atoms with Crippen LogP contribution in [0, 0.1) is 0 Å². The highest BCUT2D eigenvalue weighted by Gasteiger charge is 2.18. The molecular formula is C12H17ClO2S. The van der Waals surface area contributed by atoms with Gasteiger partial charge in [-0.25, -0.2) is 8.42 Å². The average molecular weight is 261 g/mol. The maximum Gasteiger partial charge on any atom is 0.261 e. The summed E-state index contributed by atoms with van der Waals surface area (Å²) in [6, 6.07) is 5.50. The lowest BCUT2D eigenvalue weighted by atomic mass is 9.97. The number of hydrogen-bond acceptors (Lipinski definition) is 2. The monoisotopic (exact) mass is 260 g/mol. The summed E-state index contributed by atoms with van der Waals surface area (Å²) >= 11 is 0. The van der Waals surface area contributed by atoms with Gasteiger partial charge in [-0.1, -0.05) is 39.8 Å². The predicted octanol–water partition coefficient (Wildman–Crippen LogP) is 3.86. The van der Waals surface area contributed by atoms with Crippen molar-refractivity contribution in [2.75, 3.05) is 0 Å². The maximum absolute atomic E-state index is 11.5. The zero-order valence-corrected chi connectivity index (χ0v) is 11.6. The van der Waals surface area contributed by atoms with E-state index in [4.69, 9.17) is 10.7 Å². The molecule has 16 heavy (non-hydrogen) atoms. The van der Waals surface area contributed by atoms with Crippen molar-refractivity contribution in [2.24, 2.45) is 0 Å². The van der Waals surface area contributed by atoms with Crippen molar-refractivity contribution in [1.82, 2.24) is 0 Å². The Kier molecular flexibility index (Phi) is 4.02. The predicted molar refractivity (Wildman–Crippen MR) is 67.7 cm³/mol. The zero-order valence-electron chi connectivity index (χ0n) is 9.99. The van der Waals surface area contributed by atoms with Gasteiger partial charge in [0.25, 0.3) is 9.05 Å². The second-order valence-corrected chi connectivity index (χ2v) is 7.08. The minimum Gasteiger partial charge on any atom is -0.207 e. The molecule has 0 aromatic heterocycles. The van der Waals surface area contributed by atoms with Gasteiger partial charge in [0.15, 0.2) is 0 Å². The van der Waals surface area contributed by atoms with Crippen LogP contribution in [0.3, 0.4) is 0 Å². The summed E-state index contributed by atoms with van der Waals surface area (Å²) in [7, 11) is 1.79. The molecular weight excluding hydrogens is 244 g/mol. The second-order valence-electron chi connectivity index (χ2n) is 4.54. The Labute approximate surface area is 102 Å². The summed E-state index contributed by atoms with van der Waals surface area (Å²) < 4.78 is 23.0. The SMILES string of the molecule is CC(C)c1ccc(C(C)C)c(S(=O)(=O)Cl)c1. The summed E-state index contributed by atoms with van der Waals surface area (Å²) in [6.45, 7) is 7.95. The molecule has 0 fully saturated rings. The Morgan fingerprint density at radius 1 is 1.06 bits per heavy atom. The summed E-state index contributed by atoms with van der Waals surface area (Å²) in [6.07, 6.45) is 0. The normalized spacial score (nSPS) is 12.4. The number of halogens is 1. The smallest absolute Gasteiger partial charge is 0.207 e. The van der Waals surface area contributed by atoms with Gasteiger partial charge < -0.3 is 0 Å². The first-order valence-corrected chi connectivity index (χ1v) is 7.63. The molecule has 4 heteroatoms. The van der Waals surface area contributed by atoms with Gasteiger partial charge in [-0.05, 0) is 29.0 Å². The molecule has 0 aliphatic rings. The molecule has 90 valence electrons. The Morgan fingerprint density at radius 2 is 1.62 bits per heavy atom. The molecule has 0 saturated carbocycles. The highest BCUT2D eigenvalue weighted by molar-refractivity contribution is 8.13. The van der Waals surface area contributed by atoms with Crippen LogP contribution in [0.5, 0.6) is 0 Å². The standard InChI is InChI=1S/C12H17ClO2S/c1-8(2)10-5-6-11(9(3)4)12(7-10)16(13,14)15/h5-9H,1-4H3. The van der Waals surface area contributed by atoms with Gasteiger partial charge in [0.05, 0.1) is 4.90 Å². The van der Waals surface area contributed by atoms with Gasteiger partial charge in [0.2, 0.25) is 0 Å². The molecule has 1 rings (SSSR count). The Bertz CT molecular complexity index is 476. The molecule has 0 unspecified atom stereocenters. The largest absolute Gasteiger partial charge is 0.261 e. The summed E-state index contributed by atoms with van der Waals surface area (Å²) in [5, 5.41) is 0.